The molecule has 0 spiro atoms. The van der Waals surface area contributed by atoms with Crippen molar-refractivity contribution in [2.45, 2.75) is 31.7 Å². The summed E-state index contributed by atoms with van der Waals surface area (Å²) in [6, 6.07) is 0. The van der Waals surface area contributed by atoms with Gasteiger partial charge in [-0.05, 0) is 35.1 Å². The summed E-state index contributed by atoms with van der Waals surface area (Å²) in [5, 5.41) is 11.4. The SMILES string of the molecule is COCCC1(Cn2nnnc2CCl)CC1. The molecule has 1 saturated carbocycles. The number of halogens is 1. The molecule has 1 aromatic heterocycles. The minimum absolute atomic E-state index is 0.353. The molecule has 0 N–H and O–H groups in total. The van der Waals surface area contributed by atoms with Gasteiger partial charge in [0.2, 0.25) is 0 Å². The molecule has 1 fully saturated rings. The third-order valence-electron chi connectivity index (χ3n) is 3.00. The molecule has 0 radical (unpaired) electrons. The highest BCUT2D eigenvalue weighted by Crippen LogP contribution is 2.50. The Balaban J connectivity index is 1.96. The quantitative estimate of drug-likeness (QED) is 0.690. The van der Waals surface area contributed by atoms with Gasteiger partial charge in [-0.2, -0.15) is 0 Å². The number of hydrogen-bond donors (Lipinski definition) is 0. The summed E-state index contributed by atoms with van der Waals surface area (Å²) >= 11 is 5.74. The third kappa shape index (κ3) is 2.46. The summed E-state index contributed by atoms with van der Waals surface area (Å²) < 4.78 is 6.92. The van der Waals surface area contributed by atoms with Gasteiger partial charge in [0.05, 0.1) is 12.4 Å². The van der Waals surface area contributed by atoms with E-state index in [1.165, 1.54) is 12.8 Å². The van der Waals surface area contributed by atoms with E-state index in [0.717, 1.165) is 25.4 Å². The van der Waals surface area contributed by atoms with Gasteiger partial charge >= 0.3 is 0 Å². The fourth-order valence-corrected chi connectivity index (χ4v) is 1.93. The van der Waals surface area contributed by atoms with Crippen LogP contribution < -0.4 is 0 Å². The molecule has 2 rings (SSSR count). The zero-order chi connectivity index (χ0) is 10.7. The normalized spacial score (nSPS) is 18.0. The lowest BCUT2D eigenvalue weighted by atomic mass is 10.0. The summed E-state index contributed by atoms with van der Waals surface area (Å²) in [5.41, 5.74) is 0.353. The number of methoxy groups -OCH3 is 1. The largest absolute Gasteiger partial charge is 0.385 e. The molecule has 6 heteroatoms. The Bertz CT molecular complexity index is 324. The van der Waals surface area contributed by atoms with E-state index in [-0.39, 0.29) is 0 Å². The van der Waals surface area contributed by atoms with E-state index in [4.69, 9.17) is 16.3 Å². The topological polar surface area (TPSA) is 52.8 Å². The molecule has 0 bridgehead atoms. The minimum Gasteiger partial charge on any atom is -0.385 e. The fourth-order valence-electron chi connectivity index (χ4n) is 1.74. The van der Waals surface area contributed by atoms with Gasteiger partial charge in [0.1, 0.15) is 0 Å². The van der Waals surface area contributed by atoms with Crippen LogP contribution in [0.1, 0.15) is 25.1 Å². The van der Waals surface area contributed by atoms with Gasteiger partial charge in [-0.25, -0.2) is 4.68 Å². The van der Waals surface area contributed by atoms with Crippen molar-refractivity contribution in [1.29, 1.82) is 0 Å². The summed E-state index contributed by atoms with van der Waals surface area (Å²) in [7, 11) is 1.73. The van der Waals surface area contributed by atoms with E-state index in [9.17, 15) is 0 Å². The average Bonchev–Trinajstić information content (AvgIpc) is 2.86. The lowest BCUT2D eigenvalue weighted by Gasteiger charge is -2.14. The molecule has 1 heterocycles. The van der Waals surface area contributed by atoms with Gasteiger partial charge in [-0.1, -0.05) is 0 Å². The number of tetrazole rings is 1. The molecule has 0 aliphatic heterocycles. The second-order valence-electron chi connectivity index (χ2n) is 4.13. The van der Waals surface area contributed by atoms with E-state index in [1.807, 2.05) is 4.68 Å². The molecule has 15 heavy (non-hydrogen) atoms. The summed E-state index contributed by atoms with van der Waals surface area (Å²) in [4.78, 5) is 0. The molecular formula is C9H15ClN4O. The first-order chi connectivity index (χ1) is 7.29. The summed E-state index contributed by atoms with van der Waals surface area (Å²) in [6.45, 7) is 1.67. The Labute approximate surface area is 93.7 Å². The van der Waals surface area contributed by atoms with E-state index in [1.54, 1.807) is 7.11 Å². The smallest absolute Gasteiger partial charge is 0.166 e. The Kier molecular flexibility index (Phi) is 3.21. The molecule has 5 nitrogen and oxygen atoms in total. The fraction of sp³-hybridized carbons (Fsp3) is 0.889. The standard InChI is InChI=1S/C9H15ClN4O/c1-15-5-4-9(2-3-9)7-14-8(6-10)11-12-13-14/h2-7H2,1H3. The lowest BCUT2D eigenvalue weighted by Crippen LogP contribution is -2.16. The highest BCUT2D eigenvalue weighted by Gasteiger charge is 2.43. The maximum absolute atomic E-state index is 5.74. The van der Waals surface area contributed by atoms with Gasteiger partial charge in [0, 0.05) is 13.7 Å². The van der Waals surface area contributed by atoms with Crippen molar-refractivity contribution in [1.82, 2.24) is 20.2 Å². The molecule has 0 aromatic carbocycles. The summed E-state index contributed by atoms with van der Waals surface area (Å²) in [6.07, 6.45) is 3.54. The number of hydrogen-bond acceptors (Lipinski definition) is 4. The molecule has 1 aliphatic rings. The first-order valence-electron chi connectivity index (χ1n) is 5.10. The molecule has 0 atom stereocenters. The Morgan fingerprint density at radius 3 is 2.93 bits per heavy atom. The molecule has 0 saturated heterocycles. The van der Waals surface area contributed by atoms with E-state index < -0.39 is 0 Å². The van der Waals surface area contributed by atoms with Crippen LogP contribution in [0.25, 0.3) is 0 Å². The first kappa shape index (κ1) is 10.8. The number of rotatable bonds is 6. The van der Waals surface area contributed by atoms with Crippen molar-refractivity contribution >= 4 is 11.6 Å². The van der Waals surface area contributed by atoms with Crippen LogP contribution in [0.5, 0.6) is 0 Å². The molecule has 0 unspecified atom stereocenters. The Morgan fingerprint density at radius 1 is 1.53 bits per heavy atom. The van der Waals surface area contributed by atoms with Gasteiger partial charge in [0.25, 0.3) is 0 Å². The molecule has 1 aliphatic carbocycles. The predicted molar refractivity (Wildman–Crippen MR) is 55.5 cm³/mol. The van der Waals surface area contributed by atoms with Crippen LogP contribution in [0.4, 0.5) is 0 Å². The zero-order valence-corrected chi connectivity index (χ0v) is 9.57. The number of alkyl halides is 1. The van der Waals surface area contributed by atoms with Crippen molar-refractivity contribution in [3.05, 3.63) is 5.82 Å². The molecule has 84 valence electrons. The highest BCUT2D eigenvalue weighted by molar-refractivity contribution is 6.16. The number of nitrogens with zero attached hydrogens (tertiary/aromatic N) is 4. The van der Waals surface area contributed by atoms with Crippen molar-refractivity contribution in [3.8, 4) is 0 Å². The molecule has 0 amide bonds. The second kappa shape index (κ2) is 4.45. The lowest BCUT2D eigenvalue weighted by molar-refractivity contribution is 0.164. The maximum Gasteiger partial charge on any atom is 0.166 e. The number of ether oxygens (including phenoxy) is 1. The van der Waals surface area contributed by atoms with Crippen LogP contribution in [0, 0.1) is 5.41 Å². The van der Waals surface area contributed by atoms with Gasteiger partial charge in [-0.15, -0.1) is 16.7 Å². The van der Waals surface area contributed by atoms with Crippen LogP contribution in [0.3, 0.4) is 0 Å². The van der Waals surface area contributed by atoms with Crippen molar-refractivity contribution in [2.75, 3.05) is 13.7 Å². The van der Waals surface area contributed by atoms with Gasteiger partial charge in [0.15, 0.2) is 5.82 Å². The molecular weight excluding hydrogens is 216 g/mol. The third-order valence-corrected chi connectivity index (χ3v) is 3.24. The van der Waals surface area contributed by atoms with Crippen LogP contribution >= 0.6 is 11.6 Å². The minimum atomic E-state index is 0.353. The highest BCUT2D eigenvalue weighted by atomic mass is 35.5. The first-order valence-corrected chi connectivity index (χ1v) is 5.63. The number of aromatic nitrogens is 4. The monoisotopic (exact) mass is 230 g/mol. The van der Waals surface area contributed by atoms with Crippen molar-refractivity contribution in [3.63, 3.8) is 0 Å². The zero-order valence-electron chi connectivity index (χ0n) is 8.82. The van der Waals surface area contributed by atoms with Gasteiger partial charge in [-0.3, -0.25) is 0 Å². The Morgan fingerprint density at radius 2 is 2.33 bits per heavy atom. The second-order valence-corrected chi connectivity index (χ2v) is 4.40. The van der Waals surface area contributed by atoms with Crippen molar-refractivity contribution < 1.29 is 4.74 Å². The van der Waals surface area contributed by atoms with Crippen LogP contribution in [0.15, 0.2) is 0 Å². The van der Waals surface area contributed by atoms with E-state index in [0.29, 0.717) is 11.3 Å². The van der Waals surface area contributed by atoms with Crippen LogP contribution in [-0.2, 0) is 17.2 Å². The predicted octanol–water partition coefficient (Wildman–Crippen LogP) is 1.23. The maximum atomic E-state index is 5.74. The van der Waals surface area contributed by atoms with E-state index >= 15 is 0 Å². The van der Waals surface area contributed by atoms with Crippen LogP contribution in [0.2, 0.25) is 0 Å². The van der Waals surface area contributed by atoms with E-state index in [2.05, 4.69) is 15.5 Å². The van der Waals surface area contributed by atoms with Crippen LogP contribution in [-0.4, -0.2) is 33.9 Å². The summed E-state index contributed by atoms with van der Waals surface area (Å²) in [5.74, 6) is 1.12. The Hall–Kier alpha value is -0.680. The van der Waals surface area contributed by atoms with Crippen molar-refractivity contribution in [2.24, 2.45) is 5.41 Å². The average molecular weight is 231 g/mol. The van der Waals surface area contributed by atoms with Gasteiger partial charge < -0.3 is 4.74 Å². The molecule has 1 aromatic rings.